The third kappa shape index (κ3) is 6.98. The molecular weight excluding hydrogens is 596 g/mol. The number of nitrogens with two attached hydrogens (primary N) is 2. The molecule has 0 unspecified atom stereocenters. The van der Waals surface area contributed by atoms with Crippen LogP contribution in [0.5, 0.6) is 0 Å². The Hall–Kier alpha value is -5.76. The van der Waals surface area contributed by atoms with Gasteiger partial charge in [-0.25, -0.2) is 9.97 Å². The largest absolute Gasteiger partial charge is 0.369 e. The second-order valence-electron chi connectivity index (χ2n) is 11.8. The van der Waals surface area contributed by atoms with Crippen LogP contribution < -0.4 is 11.5 Å². The Balaban J connectivity index is 0.000000188. The van der Waals surface area contributed by atoms with E-state index in [1.165, 1.54) is 0 Å². The van der Waals surface area contributed by atoms with Gasteiger partial charge in [-0.2, -0.15) is 0 Å². The summed E-state index contributed by atoms with van der Waals surface area (Å²) in [6.07, 6.45) is 8.55. The Labute approximate surface area is 282 Å². The van der Waals surface area contributed by atoms with E-state index in [9.17, 15) is 9.59 Å². The highest BCUT2D eigenvalue weighted by atomic mass is 16.1. The summed E-state index contributed by atoms with van der Waals surface area (Å²) < 4.78 is 4.09. The Morgan fingerprint density at radius 3 is 1.00 bits per heavy atom. The lowest BCUT2D eigenvalue weighted by Gasteiger charge is -2.32. The van der Waals surface area contributed by atoms with Crippen molar-refractivity contribution in [3.05, 3.63) is 180 Å². The molecule has 0 fully saturated rings. The molecule has 0 atom stereocenters. The average Bonchev–Trinajstić information content (AvgIpc) is 3.74. The number of amides is 2. The van der Waals surface area contributed by atoms with Gasteiger partial charge in [-0.3, -0.25) is 9.59 Å². The van der Waals surface area contributed by atoms with E-state index < -0.39 is 10.8 Å². The Morgan fingerprint density at radius 2 is 0.792 bits per heavy atom. The molecule has 0 saturated carbocycles. The summed E-state index contributed by atoms with van der Waals surface area (Å²) in [6, 6.07) is 39.1. The minimum Gasteiger partial charge on any atom is -0.369 e. The Bertz CT molecular complexity index is 1680. The molecule has 0 radical (unpaired) electrons. The highest BCUT2D eigenvalue weighted by molar-refractivity contribution is 5.91. The van der Waals surface area contributed by atoms with Crippen LogP contribution in [0.25, 0.3) is 0 Å². The summed E-state index contributed by atoms with van der Waals surface area (Å²) in [5.41, 5.74) is 13.8. The zero-order chi connectivity index (χ0) is 34.0. The van der Waals surface area contributed by atoms with Crippen LogP contribution in [-0.2, 0) is 33.5 Å². The lowest BCUT2D eigenvalue weighted by Crippen LogP contribution is -2.43. The summed E-state index contributed by atoms with van der Waals surface area (Å²) in [5, 5.41) is 0. The quantitative estimate of drug-likeness (QED) is 0.168. The monoisotopic (exact) mass is 638 g/mol. The van der Waals surface area contributed by atoms with Crippen LogP contribution in [0.15, 0.2) is 146 Å². The van der Waals surface area contributed by atoms with Crippen LogP contribution in [0.4, 0.5) is 0 Å². The van der Waals surface area contributed by atoms with Crippen LogP contribution >= 0.6 is 0 Å². The van der Waals surface area contributed by atoms with Crippen LogP contribution in [0, 0.1) is 13.8 Å². The molecule has 4 aromatic carbocycles. The van der Waals surface area contributed by atoms with E-state index in [1.807, 2.05) is 157 Å². The van der Waals surface area contributed by atoms with Gasteiger partial charge in [0.05, 0.1) is 0 Å². The molecule has 0 aliphatic carbocycles. The van der Waals surface area contributed by atoms with Gasteiger partial charge in [0, 0.05) is 37.9 Å². The predicted octanol–water partition coefficient (Wildman–Crippen LogP) is 6.11. The van der Waals surface area contributed by atoms with Gasteiger partial charge < -0.3 is 20.6 Å². The number of nitrogens with zero attached hydrogens (tertiary/aromatic N) is 4. The Morgan fingerprint density at radius 1 is 0.521 bits per heavy atom. The van der Waals surface area contributed by atoms with Crippen molar-refractivity contribution < 1.29 is 9.59 Å². The predicted molar refractivity (Wildman–Crippen MR) is 189 cm³/mol. The van der Waals surface area contributed by atoms with Gasteiger partial charge in [-0.05, 0) is 48.9 Å². The molecule has 8 nitrogen and oxygen atoms in total. The minimum absolute atomic E-state index is 0.335. The number of hydrogen-bond donors (Lipinski definition) is 2. The van der Waals surface area contributed by atoms with E-state index in [-0.39, 0.29) is 11.8 Å². The van der Waals surface area contributed by atoms with Crippen LogP contribution in [0.1, 0.15) is 46.7 Å². The number of carbonyl (C=O) groups excluding carboxylic acids is 2. The maximum Gasteiger partial charge on any atom is 0.232 e. The van der Waals surface area contributed by atoms with Crippen molar-refractivity contribution >= 4 is 11.8 Å². The molecule has 48 heavy (non-hydrogen) atoms. The normalized spacial score (nSPS) is 11.4. The molecule has 244 valence electrons. The van der Waals surface area contributed by atoms with E-state index in [1.54, 1.807) is 12.4 Å². The van der Waals surface area contributed by atoms with Gasteiger partial charge in [-0.15, -0.1) is 0 Å². The van der Waals surface area contributed by atoms with Crippen molar-refractivity contribution in [2.24, 2.45) is 11.5 Å². The maximum atomic E-state index is 12.7. The summed E-state index contributed by atoms with van der Waals surface area (Å²) in [4.78, 5) is 33.8. The molecule has 0 saturated heterocycles. The molecule has 0 aliphatic heterocycles. The fourth-order valence-corrected chi connectivity index (χ4v) is 6.47. The fourth-order valence-electron chi connectivity index (χ4n) is 6.47. The summed E-state index contributed by atoms with van der Waals surface area (Å²) >= 11 is 0. The number of aryl methyl sites for hydroxylation is 4. The van der Waals surface area contributed by atoms with E-state index in [2.05, 4.69) is 9.97 Å². The van der Waals surface area contributed by atoms with Crippen molar-refractivity contribution in [2.75, 3.05) is 0 Å². The number of rotatable bonds is 12. The molecule has 0 bridgehead atoms. The lowest BCUT2D eigenvalue weighted by atomic mass is 9.71. The highest BCUT2D eigenvalue weighted by Crippen LogP contribution is 2.37. The molecule has 0 spiro atoms. The van der Waals surface area contributed by atoms with Crippen LogP contribution in [0.2, 0.25) is 0 Å². The van der Waals surface area contributed by atoms with Crippen molar-refractivity contribution in [1.29, 1.82) is 0 Å². The van der Waals surface area contributed by atoms with Crippen LogP contribution in [-0.4, -0.2) is 30.9 Å². The van der Waals surface area contributed by atoms with E-state index in [4.69, 9.17) is 11.5 Å². The topological polar surface area (TPSA) is 122 Å². The molecule has 8 heteroatoms. The van der Waals surface area contributed by atoms with Crippen molar-refractivity contribution in [3.8, 4) is 0 Å². The number of benzene rings is 4. The highest BCUT2D eigenvalue weighted by Gasteiger charge is 2.41. The fraction of sp³-hybridized carbons (Fsp3) is 0.200. The number of imidazole rings is 2. The third-order valence-electron chi connectivity index (χ3n) is 9.21. The zero-order valence-corrected chi connectivity index (χ0v) is 27.4. The van der Waals surface area contributed by atoms with Gasteiger partial charge in [0.15, 0.2) is 0 Å². The van der Waals surface area contributed by atoms with Crippen molar-refractivity contribution in [1.82, 2.24) is 19.1 Å². The molecule has 0 aliphatic rings. The summed E-state index contributed by atoms with van der Waals surface area (Å²) in [5.74, 6) is 1.18. The number of carbonyl (C=O) groups is 2. The van der Waals surface area contributed by atoms with Crippen molar-refractivity contribution in [2.45, 2.75) is 50.6 Å². The molecule has 4 N–H and O–H groups in total. The standard InChI is InChI=1S/2C20H21N3O/c2*1-16-22-13-15-23(16)14-12-20(19(21)24,17-8-4-2-5-9-17)18-10-6-3-7-11-18/h2*2-11,13,15H,12,14H2,1H3,(H2,21,24). The number of aromatic nitrogens is 4. The molecule has 2 amide bonds. The third-order valence-corrected chi connectivity index (χ3v) is 9.21. The zero-order valence-electron chi connectivity index (χ0n) is 27.4. The van der Waals surface area contributed by atoms with Gasteiger partial charge in [0.2, 0.25) is 11.8 Å². The second-order valence-corrected chi connectivity index (χ2v) is 11.8. The summed E-state index contributed by atoms with van der Waals surface area (Å²) in [7, 11) is 0. The SMILES string of the molecule is Cc1nccn1CCC(C(N)=O)(c1ccccc1)c1ccccc1.Cc1nccn1CCC(C(N)=O)(c1ccccc1)c1ccccc1. The lowest BCUT2D eigenvalue weighted by molar-refractivity contribution is -0.123. The van der Waals surface area contributed by atoms with Gasteiger partial charge in [-0.1, -0.05) is 121 Å². The molecular formula is C40H42N6O2. The number of primary amides is 2. The first-order chi connectivity index (χ1) is 23.3. The van der Waals surface area contributed by atoms with Gasteiger partial charge in [0.25, 0.3) is 0 Å². The van der Waals surface area contributed by atoms with Crippen LogP contribution in [0.3, 0.4) is 0 Å². The van der Waals surface area contributed by atoms with E-state index in [0.717, 1.165) is 33.9 Å². The minimum atomic E-state index is -0.862. The first kappa shape index (κ1) is 33.6. The smallest absolute Gasteiger partial charge is 0.232 e. The molecule has 2 heterocycles. The maximum absolute atomic E-state index is 12.7. The first-order valence-electron chi connectivity index (χ1n) is 16.1. The first-order valence-corrected chi connectivity index (χ1v) is 16.1. The molecule has 6 rings (SSSR count). The average molecular weight is 639 g/mol. The second kappa shape index (κ2) is 15.2. The van der Waals surface area contributed by atoms with E-state index >= 15 is 0 Å². The van der Waals surface area contributed by atoms with E-state index in [0.29, 0.717) is 25.9 Å². The van der Waals surface area contributed by atoms with Crippen molar-refractivity contribution in [3.63, 3.8) is 0 Å². The van der Waals surface area contributed by atoms with Gasteiger partial charge in [0.1, 0.15) is 22.5 Å². The molecule has 2 aromatic heterocycles. The van der Waals surface area contributed by atoms with Gasteiger partial charge >= 0.3 is 0 Å². The molecule has 6 aromatic rings. The summed E-state index contributed by atoms with van der Waals surface area (Å²) in [6.45, 7) is 5.24. The number of hydrogen-bond acceptors (Lipinski definition) is 4. The Kier molecular flexibility index (Phi) is 10.7.